The highest BCUT2D eigenvalue weighted by atomic mass is 79.9. The Morgan fingerprint density at radius 1 is 1.54 bits per heavy atom. The molecule has 0 N–H and O–H groups in total. The van der Waals surface area contributed by atoms with Crippen molar-refractivity contribution in [1.82, 2.24) is 4.90 Å². The van der Waals surface area contributed by atoms with E-state index in [9.17, 15) is 4.79 Å². The third kappa shape index (κ3) is 1.50. The van der Waals surface area contributed by atoms with Crippen LogP contribution in [0.2, 0.25) is 0 Å². The Balaban J connectivity index is 1.97. The number of hydrogen-bond acceptors (Lipinski definition) is 2. The van der Waals surface area contributed by atoms with Crippen molar-refractivity contribution in [1.29, 1.82) is 0 Å². The fraction of sp³-hybridized carbons (Fsp3) is 0.875. The quantitative estimate of drug-likeness (QED) is 0.642. The number of carbonyl (C=O) groups excluding carboxylic acids is 1. The molecule has 2 atom stereocenters. The largest absolute Gasteiger partial charge is 0.453 e. The summed E-state index contributed by atoms with van der Waals surface area (Å²) >= 11 is 7.23. The van der Waals surface area contributed by atoms with E-state index in [0.29, 0.717) is 11.8 Å². The number of ether oxygens (including phenoxy) is 1. The molecule has 0 aromatic heterocycles. The van der Waals surface area contributed by atoms with Crippen molar-refractivity contribution >= 4 is 38.0 Å². The number of rotatable bonds is 0. The van der Waals surface area contributed by atoms with Crippen LogP contribution < -0.4 is 0 Å². The van der Waals surface area contributed by atoms with E-state index in [-0.39, 0.29) is 9.33 Å². The number of hydrogen-bond donors (Lipinski definition) is 0. The van der Waals surface area contributed by atoms with Crippen LogP contribution in [-0.2, 0) is 4.74 Å². The average molecular weight is 313 g/mol. The van der Waals surface area contributed by atoms with E-state index in [1.165, 1.54) is 7.11 Å². The number of piperidine rings is 1. The molecule has 1 saturated carbocycles. The molecule has 1 amide bonds. The normalized spacial score (nSPS) is 35.2. The number of alkyl halides is 2. The Bertz CT molecular complexity index is 244. The summed E-state index contributed by atoms with van der Waals surface area (Å²) < 4.78 is 4.77. The van der Waals surface area contributed by atoms with Crippen LogP contribution in [0.25, 0.3) is 0 Å². The highest BCUT2D eigenvalue weighted by Gasteiger charge is 2.63. The number of fused-ring (bicyclic) bond motifs is 1. The van der Waals surface area contributed by atoms with Crippen LogP contribution in [0, 0.1) is 11.8 Å². The summed E-state index contributed by atoms with van der Waals surface area (Å²) in [5.74, 6) is 1.22. The number of carbonyl (C=O) groups is 1. The first kappa shape index (κ1) is 9.77. The maximum atomic E-state index is 11.2. The molecular weight excluding hydrogens is 302 g/mol. The summed E-state index contributed by atoms with van der Waals surface area (Å²) in [7, 11) is 1.43. The lowest BCUT2D eigenvalue weighted by molar-refractivity contribution is 0.113. The molecule has 3 nitrogen and oxygen atoms in total. The molecule has 1 aliphatic heterocycles. The van der Waals surface area contributed by atoms with Gasteiger partial charge in [0.2, 0.25) is 0 Å². The van der Waals surface area contributed by atoms with Crippen molar-refractivity contribution in [2.75, 3.05) is 20.2 Å². The van der Waals surface area contributed by atoms with Crippen LogP contribution in [0.3, 0.4) is 0 Å². The minimum absolute atomic E-state index is 0.0861. The Morgan fingerprint density at radius 3 is 2.77 bits per heavy atom. The minimum atomic E-state index is -0.207. The highest BCUT2D eigenvalue weighted by molar-refractivity contribution is 9.25. The van der Waals surface area contributed by atoms with Gasteiger partial charge in [0.05, 0.1) is 10.3 Å². The first-order chi connectivity index (χ1) is 6.07. The van der Waals surface area contributed by atoms with Gasteiger partial charge in [0, 0.05) is 19.0 Å². The smallest absolute Gasteiger partial charge is 0.409 e. The first-order valence-electron chi connectivity index (χ1n) is 4.28. The van der Waals surface area contributed by atoms with E-state index in [1.807, 2.05) is 0 Å². The van der Waals surface area contributed by atoms with Crippen molar-refractivity contribution in [3.8, 4) is 0 Å². The lowest BCUT2D eigenvalue weighted by Gasteiger charge is -2.24. The molecule has 0 spiro atoms. The van der Waals surface area contributed by atoms with Crippen molar-refractivity contribution in [3.63, 3.8) is 0 Å². The van der Waals surface area contributed by atoms with E-state index in [1.54, 1.807) is 4.90 Å². The second-order valence-electron chi connectivity index (χ2n) is 3.59. The summed E-state index contributed by atoms with van der Waals surface area (Å²) in [5.41, 5.74) is 0. The van der Waals surface area contributed by atoms with Gasteiger partial charge in [-0.3, -0.25) is 0 Å². The molecule has 5 heteroatoms. The van der Waals surface area contributed by atoms with Crippen molar-refractivity contribution in [2.24, 2.45) is 11.8 Å². The predicted molar refractivity (Wildman–Crippen MR) is 56.2 cm³/mol. The summed E-state index contributed by atoms with van der Waals surface area (Å²) in [4.78, 5) is 13.0. The Hall–Kier alpha value is 0.230. The second-order valence-corrected chi connectivity index (χ2v) is 7.28. The molecule has 1 saturated heterocycles. The maximum absolute atomic E-state index is 11.2. The van der Waals surface area contributed by atoms with Crippen LogP contribution in [0.1, 0.15) is 6.42 Å². The number of halogens is 2. The Kier molecular flexibility index (Phi) is 2.35. The molecule has 0 aromatic rings. The van der Waals surface area contributed by atoms with E-state index in [4.69, 9.17) is 0 Å². The topological polar surface area (TPSA) is 29.5 Å². The number of likely N-dealkylation sites (tertiary alicyclic amines) is 1. The van der Waals surface area contributed by atoms with Gasteiger partial charge in [0.1, 0.15) is 0 Å². The lowest BCUT2D eigenvalue weighted by Crippen LogP contribution is -2.36. The van der Waals surface area contributed by atoms with Gasteiger partial charge < -0.3 is 9.64 Å². The van der Waals surface area contributed by atoms with Gasteiger partial charge in [-0.1, -0.05) is 31.9 Å². The molecule has 0 radical (unpaired) electrons. The molecule has 2 rings (SSSR count). The van der Waals surface area contributed by atoms with Crippen LogP contribution in [0.4, 0.5) is 4.79 Å². The van der Waals surface area contributed by atoms with Gasteiger partial charge >= 0.3 is 6.09 Å². The summed E-state index contributed by atoms with van der Waals surface area (Å²) in [6, 6.07) is 0. The standard InChI is InChI=1S/C8H11Br2NO2/c1-13-7(12)11-3-2-5-6(4-11)8(5,9)10/h5-6H,2-4H2,1H3/t5-,6+/m0/s1. The van der Waals surface area contributed by atoms with Crippen LogP contribution in [0.5, 0.6) is 0 Å². The molecule has 13 heavy (non-hydrogen) atoms. The third-order valence-corrected chi connectivity index (χ3v) is 5.28. The molecule has 2 fully saturated rings. The zero-order valence-electron chi connectivity index (χ0n) is 7.30. The van der Waals surface area contributed by atoms with E-state index >= 15 is 0 Å². The van der Waals surface area contributed by atoms with E-state index < -0.39 is 0 Å². The van der Waals surface area contributed by atoms with Crippen LogP contribution >= 0.6 is 31.9 Å². The minimum Gasteiger partial charge on any atom is -0.453 e. The van der Waals surface area contributed by atoms with Gasteiger partial charge in [-0.2, -0.15) is 0 Å². The van der Waals surface area contributed by atoms with E-state index in [2.05, 4.69) is 36.6 Å². The highest BCUT2D eigenvalue weighted by Crippen LogP contribution is 2.64. The number of methoxy groups -OCH3 is 1. The van der Waals surface area contributed by atoms with Crippen molar-refractivity contribution < 1.29 is 9.53 Å². The monoisotopic (exact) mass is 311 g/mol. The lowest BCUT2D eigenvalue weighted by atomic mass is 10.1. The maximum Gasteiger partial charge on any atom is 0.409 e. The molecule has 74 valence electrons. The first-order valence-corrected chi connectivity index (χ1v) is 5.86. The van der Waals surface area contributed by atoms with Crippen LogP contribution in [-0.4, -0.2) is 34.4 Å². The molecule has 2 aliphatic rings. The molecule has 0 aromatic carbocycles. The number of amides is 1. The fourth-order valence-corrected chi connectivity index (χ4v) is 3.78. The third-order valence-electron chi connectivity index (χ3n) is 2.93. The molecule has 0 bridgehead atoms. The fourth-order valence-electron chi connectivity index (χ4n) is 2.02. The van der Waals surface area contributed by atoms with Gasteiger partial charge in [-0.15, -0.1) is 0 Å². The van der Waals surface area contributed by atoms with Crippen molar-refractivity contribution in [3.05, 3.63) is 0 Å². The number of nitrogens with zero attached hydrogens (tertiary/aromatic N) is 1. The van der Waals surface area contributed by atoms with Gasteiger partial charge in [-0.25, -0.2) is 4.79 Å². The Morgan fingerprint density at radius 2 is 2.23 bits per heavy atom. The van der Waals surface area contributed by atoms with Crippen LogP contribution in [0.15, 0.2) is 0 Å². The molecule has 1 heterocycles. The second kappa shape index (κ2) is 3.12. The summed E-state index contributed by atoms with van der Waals surface area (Å²) in [6.07, 6.45) is 0.845. The zero-order valence-corrected chi connectivity index (χ0v) is 10.5. The van der Waals surface area contributed by atoms with Gasteiger partial charge in [0.25, 0.3) is 0 Å². The van der Waals surface area contributed by atoms with Gasteiger partial charge in [0.15, 0.2) is 0 Å². The Labute approximate surface area is 94.1 Å². The predicted octanol–water partition coefficient (Wildman–Crippen LogP) is 2.19. The molecule has 0 unspecified atom stereocenters. The summed E-state index contributed by atoms with van der Waals surface area (Å²) in [6.45, 7) is 1.61. The van der Waals surface area contributed by atoms with Crippen molar-refractivity contribution in [2.45, 2.75) is 9.65 Å². The van der Waals surface area contributed by atoms with Gasteiger partial charge in [-0.05, 0) is 12.3 Å². The zero-order chi connectivity index (χ0) is 9.64. The summed E-state index contributed by atoms with van der Waals surface area (Å²) in [5, 5.41) is 0. The van der Waals surface area contributed by atoms with E-state index in [0.717, 1.165) is 19.5 Å². The molecule has 1 aliphatic carbocycles. The molecular formula is C8H11Br2NO2. The SMILES string of the molecule is COC(=O)N1CC[C@H]2[C@@H](C1)C2(Br)Br. The average Bonchev–Trinajstić information content (AvgIpc) is 2.68.